The van der Waals surface area contributed by atoms with Crippen LogP contribution in [-0.2, 0) is 6.42 Å². The van der Waals surface area contributed by atoms with Gasteiger partial charge < -0.3 is 10.3 Å². The van der Waals surface area contributed by atoms with Crippen molar-refractivity contribution >= 4 is 16.7 Å². The molecule has 1 aliphatic heterocycles. The number of nitrogens with zero attached hydrogens (tertiary/aromatic N) is 2. The third-order valence-electron chi connectivity index (χ3n) is 4.30. The first-order chi connectivity index (χ1) is 11.4. The molecule has 0 spiro atoms. The van der Waals surface area contributed by atoms with Gasteiger partial charge in [-0.15, -0.1) is 0 Å². The fourth-order valence-electron chi connectivity index (χ4n) is 3.08. The van der Waals surface area contributed by atoms with Gasteiger partial charge in [0.1, 0.15) is 11.4 Å². The minimum absolute atomic E-state index is 0.0643. The number of carbonyl (C=O) groups excluding carboxylic acids is 1. The summed E-state index contributed by atoms with van der Waals surface area (Å²) in [5.41, 5.74) is 1.41. The standard InChI is InChI=1S/C17H17N5O2/c1-17(2)7-11-13(16(24)18-8-17)20-14(19-11)12-9-5-3-4-6-10(9)15(23)22-21-12/h3-6H,7-8H2,1-2H3,(H,18,24)(H,19,20)(H,22,23). The van der Waals surface area contributed by atoms with E-state index in [1.165, 1.54) is 0 Å². The molecule has 0 saturated carbocycles. The second kappa shape index (κ2) is 5.02. The van der Waals surface area contributed by atoms with E-state index < -0.39 is 0 Å². The Hall–Kier alpha value is -2.96. The monoisotopic (exact) mass is 323 g/mol. The lowest BCUT2D eigenvalue weighted by Gasteiger charge is -2.21. The van der Waals surface area contributed by atoms with Crippen molar-refractivity contribution < 1.29 is 4.79 Å². The van der Waals surface area contributed by atoms with Crippen LogP contribution in [0.1, 0.15) is 30.0 Å². The van der Waals surface area contributed by atoms with Gasteiger partial charge in [-0.3, -0.25) is 9.59 Å². The van der Waals surface area contributed by atoms with Gasteiger partial charge in [-0.25, -0.2) is 10.1 Å². The molecule has 1 aliphatic rings. The fourth-order valence-corrected chi connectivity index (χ4v) is 3.08. The highest BCUT2D eigenvalue weighted by atomic mass is 16.2. The molecule has 7 nitrogen and oxygen atoms in total. The first-order valence-electron chi connectivity index (χ1n) is 7.79. The number of hydrogen-bond acceptors (Lipinski definition) is 4. The normalized spacial score (nSPS) is 16.5. The fraction of sp³-hybridized carbons (Fsp3) is 0.294. The Morgan fingerprint density at radius 3 is 2.62 bits per heavy atom. The molecule has 3 heterocycles. The van der Waals surface area contributed by atoms with E-state index in [0.29, 0.717) is 41.0 Å². The number of rotatable bonds is 1. The highest BCUT2D eigenvalue weighted by Crippen LogP contribution is 2.28. The summed E-state index contributed by atoms with van der Waals surface area (Å²) in [5, 5.41) is 10.8. The molecule has 2 aromatic heterocycles. The Kier molecular flexibility index (Phi) is 3.06. The topological polar surface area (TPSA) is 104 Å². The molecule has 0 bridgehead atoms. The van der Waals surface area contributed by atoms with E-state index in [4.69, 9.17) is 0 Å². The van der Waals surface area contributed by atoms with Crippen LogP contribution in [0.2, 0.25) is 0 Å². The van der Waals surface area contributed by atoms with Crippen molar-refractivity contribution in [2.24, 2.45) is 5.41 Å². The zero-order chi connectivity index (χ0) is 16.9. The minimum atomic E-state index is -0.249. The van der Waals surface area contributed by atoms with E-state index in [2.05, 4.69) is 39.3 Å². The summed E-state index contributed by atoms with van der Waals surface area (Å²) in [6, 6.07) is 7.21. The molecule has 0 radical (unpaired) electrons. The van der Waals surface area contributed by atoms with Gasteiger partial charge in [-0.05, 0) is 17.9 Å². The molecule has 122 valence electrons. The van der Waals surface area contributed by atoms with Crippen molar-refractivity contribution in [1.82, 2.24) is 25.5 Å². The van der Waals surface area contributed by atoms with Gasteiger partial charge in [0, 0.05) is 17.6 Å². The second-order valence-electron chi connectivity index (χ2n) is 6.88. The number of carbonyl (C=O) groups is 1. The largest absolute Gasteiger partial charge is 0.350 e. The second-order valence-corrected chi connectivity index (χ2v) is 6.88. The minimum Gasteiger partial charge on any atom is -0.350 e. The Bertz CT molecular complexity index is 1020. The molecule has 0 saturated heterocycles. The number of imidazole rings is 1. The number of H-pyrrole nitrogens is 2. The summed E-state index contributed by atoms with van der Waals surface area (Å²) >= 11 is 0. The molecule has 1 aromatic carbocycles. The number of aromatic nitrogens is 4. The van der Waals surface area contributed by atoms with Gasteiger partial charge in [-0.2, -0.15) is 5.10 Å². The van der Waals surface area contributed by atoms with Crippen LogP contribution >= 0.6 is 0 Å². The smallest absolute Gasteiger partial charge is 0.272 e. The van der Waals surface area contributed by atoms with Gasteiger partial charge in [-0.1, -0.05) is 32.0 Å². The zero-order valence-corrected chi connectivity index (χ0v) is 13.4. The first-order valence-corrected chi connectivity index (χ1v) is 7.79. The molecular weight excluding hydrogens is 306 g/mol. The van der Waals surface area contributed by atoms with Gasteiger partial charge in [0.2, 0.25) is 0 Å². The summed E-state index contributed by atoms with van der Waals surface area (Å²) in [7, 11) is 0. The average Bonchev–Trinajstić information content (AvgIpc) is 2.92. The predicted octanol–water partition coefficient (Wildman–Crippen LogP) is 1.63. The maximum Gasteiger partial charge on any atom is 0.272 e. The maximum absolute atomic E-state index is 12.3. The van der Waals surface area contributed by atoms with E-state index in [1.807, 2.05) is 12.1 Å². The number of benzene rings is 1. The van der Waals surface area contributed by atoms with Crippen LogP contribution in [-0.4, -0.2) is 32.6 Å². The lowest BCUT2D eigenvalue weighted by atomic mass is 9.88. The van der Waals surface area contributed by atoms with Crippen LogP contribution in [0.15, 0.2) is 29.1 Å². The molecule has 3 N–H and O–H groups in total. The Morgan fingerprint density at radius 2 is 1.83 bits per heavy atom. The highest BCUT2D eigenvalue weighted by molar-refractivity contribution is 5.96. The molecule has 0 unspecified atom stereocenters. The van der Waals surface area contributed by atoms with Gasteiger partial charge in [0.05, 0.1) is 5.39 Å². The lowest BCUT2D eigenvalue weighted by Crippen LogP contribution is -2.32. The molecule has 0 aliphatic carbocycles. The Morgan fingerprint density at radius 1 is 1.08 bits per heavy atom. The van der Waals surface area contributed by atoms with E-state index in [1.54, 1.807) is 12.1 Å². The number of fused-ring (bicyclic) bond motifs is 2. The van der Waals surface area contributed by atoms with Crippen LogP contribution in [0, 0.1) is 5.41 Å². The van der Waals surface area contributed by atoms with Crippen molar-refractivity contribution in [2.75, 3.05) is 6.54 Å². The first kappa shape index (κ1) is 14.6. The van der Waals surface area contributed by atoms with Crippen molar-refractivity contribution in [3.05, 3.63) is 46.0 Å². The summed E-state index contributed by atoms with van der Waals surface area (Å²) in [6.45, 7) is 4.79. The summed E-state index contributed by atoms with van der Waals surface area (Å²) in [4.78, 5) is 31.9. The zero-order valence-electron chi connectivity index (χ0n) is 13.4. The SMILES string of the molecule is CC1(C)CNC(=O)c2nc(-c3n[nH]c(=O)c4ccccc34)[nH]c2C1. The molecule has 24 heavy (non-hydrogen) atoms. The van der Waals surface area contributed by atoms with Gasteiger partial charge >= 0.3 is 0 Å². The average molecular weight is 323 g/mol. The van der Waals surface area contributed by atoms with Crippen LogP contribution in [0.5, 0.6) is 0 Å². The van der Waals surface area contributed by atoms with Crippen molar-refractivity contribution in [3.63, 3.8) is 0 Å². The van der Waals surface area contributed by atoms with E-state index in [-0.39, 0.29) is 16.9 Å². The molecule has 7 heteroatoms. The van der Waals surface area contributed by atoms with Crippen LogP contribution in [0.3, 0.4) is 0 Å². The summed E-state index contributed by atoms with van der Waals surface area (Å²) in [6.07, 6.45) is 0.704. The van der Waals surface area contributed by atoms with Gasteiger partial charge in [0.15, 0.2) is 5.82 Å². The van der Waals surface area contributed by atoms with Gasteiger partial charge in [0.25, 0.3) is 11.5 Å². The predicted molar refractivity (Wildman–Crippen MR) is 89.8 cm³/mol. The van der Waals surface area contributed by atoms with Crippen LogP contribution in [0.25, 0.3) is 22.3 Å². The molecule has 1 amide bonds. The van der Waals surface area contributed by atoms with Crippen molar-refractivity contribution in [1.29, 1.82) is 0 Å². The molecule has 3 aromatic rings. The van der Waals surface area contributed by atoms with E-state index >= 15 is 0 Å². The van der Waals surface area contributed by atoms with Crippen molar-refractivity contribution in [3.8, 4) is 11.5 Å². The molecular formula is C17H17N5O2. The summed E-state index contributed by atoms with van der Waals surface area (Å²) < 4.78 is 0. The Labute approximate surface area is 137 Å². The number of nitrogens with one attached hydrogen (secondary N) is 3. The number of amides is 1. The third kappa shape index (κ3) is 2.29. The maximum atomic E-state index is 12.3. The van der Waals surface area contributed by atoms with Crippen LogP contribution < -0.4 is 10.9 Å². The third-order valence-corrected chi connectivity index (χ3v) is 4.30. The lowest BCUT2D eigenvalue weighted by molar-refractivity contribution is 0.0940. The van der Waals surface area contributed by atoms with Crippen LogP contribution in [0.4, 0.5) is 0 Å². The van der Waals surface area contributed by atoms with E-state index in [9.17, 15) is 9.59 Å². The molecule has 0 atom stereocenters. The number of aromatic amines is 2. The Balaban J connectivity index is 1.91. The van der Waals surface area contributed by atoms with Crippen molar-refractivity contribution in [2.45, 2.75) is 20.3 Å². The number of hydrogen-bond donors (Lipinski definition) is 3. The summed E-state index contributed by atoms with van der Waals surface area (Å²) in [5.74, 6) is 0.298. The van der Waals surface area contributed by atoms with E-state index in [0.717, 1.165) is 5.69 Å². The quantitative estimate of drug-likeness (QED) is 0.633. The highest BCUT2D eigenvalue weighted by Gasteiger charge is 2.30. The molecule has 0 fully saturated rings. The molecule has 4 rings (SSSR count).